The highest BCUT2D eigenvalue weighted by Gasteiger charge is 2.27. The van der Waals surface area contributed by atoms with Crippen LogP contribution in [0, 0.1) is 20.8 Å². The number of carbonyl (C=O) groups excluding carboxylic acids is 1. The lowest BCUT2D eigenvalue weighted by Gasteiger charge is -2.22. The number of hydrogen-bond donors (Lipinski definition) is 1. The molecule has 0 aromatic heterocycles. The van der Waals surface area contributed by atoms with Crippen LogP contribution in [0.5, 0.6) is 0 Å². The first kappa shape index (κ1) is 21.7. The molecule has 3 aromatic carbocycles. The van der Waals surface area contributed by atoms with Crippen molar-refractivity contribution in [3.05, 3.63) is 95.1 Å². The minimum Gasteiger partial charge on any atom is -0.325 e. The molecule has 0 fully saturated rings. The zero-order chi connectivity index (χ0) is 21.7. The van der Waals surface area contributed by atoms with Gasteiger partial charge in [0, 0.05) is 12.2 Å². The van der Waals surface area contributed by atoms with E-state index in [1.807, 2.05) is 69.3 Å². The van der Waals surface area contributed by atoms with Gasteiger partial charge in [0.25, 0.3) is 0 Å². The van der Waals surface area contributed by atoms with Crippen LogP contribution in [-0.4, -0.2) is 25.2 Å². The molecule has 30 heavy (non-hydrogen) atoms. The van der Waals surface area contributed by atoms with Crippen molar-refractivity contribution in [3.8, 4) is 0 Å². The van der Waals surface area contributed by atoms with Gasteiger partial charge in [-0.2, -0.15) is 4.31 Å². The van der Waals surface area contributed by atoms with Crippen molar-refractivity contribution >= 4 is 21.6 Å². The summed E-state index contributed by atoms with van der Waals surface area (Å²) in [7, 11) is -3.85. The van der Waals surface area contributed by atoms with Gasteiger partial charge in [0.2, 0.25) is 15.9 Å². The van der Waals surface area contributed by atoms with Crippen LogP contribution in [-0.2, 0) is 21.4 Å². The Morgan fingerprint density at radius 2 is 1.50 bits per heavy atom. The quantitative estimate of drug-likeness (QED) is 0.612. The molecule has 0 bridgehead atoms. The second-order valence-corrected chi connectivity index (χ2v) is 9.38. The molecule has 1 N–H and O–H groups in total. The first-order valence-corrected chi connectivity index (χ1v) is 11.2. The maximum absolute atomic E-state index is 13.3. The van der Waals surface area contributed by atoms with Gasteiger partial charge in [0.05, 0.1) is 11.4 Å². The van der Waals surface area contributed by atoms with Gasteiger partial charge >= 0.3 is 0 Å². The second-order valence-electron chi connectivity index (χ2n) is 7.44. The van der Waals surface area contributed by atoms with E-state index in [9.17, 15) is 13.2 Å². The van der Waals surface area contributed by atoms with Gasteiger partial charge in [0.15, 0.2) is 0 Å². The van der Waals surface area contributed by atoms with Crippen LogP contribution in [0.3, 0.4) is 0 Å². The molecule has 5 nitrogen and oxygen atoms in total. The number of nitrogens with zero attached hydrogens (tertiary/aromatic N) is 1. The van der Waals surface area contributed by atoms with Crippen molar-refractivity contribution in [3.63, 3.8) is 0 Å². The van der Waals surface area contributed by atoms with Crippen molar-refractivity contribution in [2.75, 3.05) is 11.9 Å². The maximum atomic E-state index is 13.3. The van der Waals surface area contributed by atoms with Crippen LogP contribution in [0.1, 0.15) is 22.3 Å². The fraction of sp³-hybridized carbons (Fsp3) is 0.208. The summed E-state index contributed by atoms with van der Waals surface area (Å²) in [5.41, 5.74) is 4.49. The van der Waals surface area contributed by atoms with Crippen molar-refractivity contribution < 1.29 is 13.2 Å². The van der Waals surface area contributed by atoms with Gasteiger partial charge in [-0.25, -0.2) is 8.42 Å². The highest BCUT2D eigenvalue weighted by molar-refractivity contribution is 7.89. The summed E-state index contributed by atoms with van der Waals surface area (Å²) in [4.78, 5) is 12.9. The summed E-state index contributed by atoms with van der Waals surface area (Å²) in [5.74, 6) is -0.381. The van der Waals surface area contributed by atoms with E-state index in [0.717, 1.165) is 22.3 Å². The smallest absolute Gasteiger partial charge is 0.243 e. The summed E-state index contributed by atoms with van der Waals surface area (Å²) in [6, 6.07) is 21.6. The molecule has 0 radical (unpaired) electrons. The van der Waals surface area contributed by atoms with Gasteiger partial charge < -0.3 is 5.32 Å². The molecule has 3 rings (SSSR count). The number of hydrogen-bond acceptors (Lipinski definition) is 3. The lowest BCUT2D eigenvalue weighted by atomic mass is 10.1. The standard InChI is InChI=1S/C24H26N2O3S/c1-18-9-12-22(13-10-18)30(28,29)26(16-21-7-5-4-6-8-21)17-24(27)25-23-14-11-19(2)15-20(23)3/h4-15H,16-17H2,1-3H3,(H,25,27). The normalized spacial score (nSPS) is 11.5. The lowest BCUT2D eigenvalue weighted by Crippen LogP contribution is -2.37. The largest absolute Gasteiger partial charge is 0.325 e. The molecule has 0 heterocycles. The Morgan fingerprint density at radius 3 is 2.13 bits per heavy atom. The number of benzene rings is 3. The minimum atomic E-state index is -3.85. The van der Waals surface area contributed by atoms with Gasteiger partial charge in [0.1, 0.15) is 0 Å². The molecular formula is C24H26N2O3S. The predicted octanol–water partition coefficient (Wildman–Crippen LogP) is 4.44. The Balaban J connectivity index is 1.87. The topological polar surface area (TPSA) is 66.5 Å². The Labute approximate surface area is 178 Å². The van der Waals surface area contributed by atoms with E-state index >= 15 is 0 Å². The summed E-state index contributed by atoms with van der Waals surface area (Å²) in [6.45, 7) is 5.62. The minimum absolute atomic E-state index is 0.108. The third-order valence-corrected chi connectivity index (χ3v) is 6.64. The fourth-order valence-electron chi connectivity index (χ4n) is 3.18. The van der Waals surface area contributed by atoms with Crippen LogP contribution in [0.25, 0.3) is 0 Å². The number of carbonyl (C=O) groups is 1. The Morgan fingerprint density at radius 1 is 0.867 bits per heavy atom. The monoisotopic (exact) mass is 422 g/mol. The molecule has 0 aliphatic rings. The molecule has 0 atom stereocenters. The average molecular weight is 423 g/mol. The molecule has 0 saturated carbocycles. The summed E-state index contributed by atoms with van der Waals surface area (Å²) < 4.78 is 27.8. The van der Waals surface area contributed by atoms with Crippen LogP contribution < -0.4 is 5.32 Å². The summed E-state index contributed by atoms with van der Waals surface area (Å²) in [5, 5.41) is 2.84. The Hall–Kier alpha value is -2.96. The molecule has 0 spiro atoms. The number of anilines is 1. The molecule has 6 heteroatoms. The zero-order valence-electron chi connectivity index (χ0n) is 17.4. The molecule has 1 amide bonds. The molecule has 0 unspecified atom stereocenters. The average Bonchev–Trinajstić information content (AvgIpc) is 2.71. The van der Waals surface area contributed by atoms with Crippen LogP contribution >= 0.6 is 0 Å². The molecule has 0 aliphatic carbocycles. The summed E-state index contributed by atoms with van der Waals surface area (Å²) >= 11 is 0. The van der Waals surface area contributed by atoms with E-state index in [1.165, 1.54) is 4.31 Å². The van der Waals surface area contributed by atoms with Crippen LogP contribution in [0.2, 0.25) is 0 Å². The number of amides is 1. The highest BCUT2D eigenvalue weighted by atomic mass is 32.2. The molecule has 0 aliphatic heterocycles. The third-order valence-electron chi connectivity index (χ3n) is 4.84. The van der Waals surface area contributed by atoms with Crippen LogP contribution in [0.15, 0.2) is 77.7 Å². The van der Waals surface area contributed by atoms with Crippen molar-refractivity contribution in [1.82, 2.24) is 4.31 Å². The Bertz CT molecular complexity index is 1120. The van der Waals surface area contributed by atoms with E-state index in [4.69, 9.17) is 0 Å². The van der Waals surface area contributed by atoms with Gasteiger partial charge in [-0.3, -0.25) is 4.79 Å². The second kappa shape index (κ2) is 9.24. The molecule has 156 valence electrons. The van der Waals surface area contributed by atoms with Crippen molar-refractivity contribution in [1.29, 1.82) is 0 Å². The SMILES string of the molecule is Cc1ccc(S(=O)(=O)N(CC(=O)Nc2ccc(C)cc2C)Cc2ccccc2)cc1. The van der Waals surface area contributed by atoms with Crippen molar-refractivity contribution in [2.24, 2.45) is 0 Å². The number of nitrogens with one attached hydrogen (secondary N) is 1. The van der Waals surface area contributed by atoms with E-state index in [2.05, 4.69) is 5.32 Å². The first-order chi connectivity index (χ1) is 14.3. The number of aryl methyl sites for hydroxylation is 3. The van der Waals surface area contributed by atoms with Gasteiger partial charge in [-0.05, 0) is 50.1 Å². The van der Waals surface area contributed by atoms with Crippen molar-refractivity contribution in [2.45, 2.75) is 32.2 Å². The maximum Gasteiger partial charge on any atom is 0.243 e. The van der Waals surface area contributed by atoms with Gasteiger partial charge in [-0.1, -0.05) is 65.7 Å². The van der Waals surface area contributed by atoms with Gasteiger partial charge in [-0.15, -0.1) is 0 Å². The molecule has 3 aromatic rings. The zero-order valence-corrected chi connectivity index (χ0v) is 18.2. The molecular weight excluding hydrogens is 396 g/mol. The molecule has 0 saturated heterocycles. The lowest BCUT2D eigenvalue weighted by molar-refractivity contribution is -0.116. The van der Waals surface area contributed by atoms with E-state index in [-0.39, 0.29) is 23.9 Å². The number of sulfonamides is 1. The third kappa shape index (κ3) is 5.34. The number of rotatable bonds is 7. The van der Waals surface area contributed by atoms with E-state index in [1.54, 1.807) is 24.3 Å². The summed E-state index contributed by atoms with van der Waals surface area (Å²) in [6.07, 6.45) is 0. The first-order valence-electron chi connectivity index (χ1n) is 9.73. The predicted molar refractivity (Wildman–Crippen MR) is 120 cm³/mol. The van der Waals surface area contributed by atoms with E-state index in [0.29, 0.717) is 5.69 Å². The highest BCUT2D eigenvalue weighted by Crippen LogP contribution is 2.20. The fourth-order valence-corrected chi connectivity index (χ4v) is 4.56. The van der Waals surface area contributed by atoms with E-state index < -0.39 is 10.0 Å². The van der Waals surface area contributed by atoms with Crippen LogP contribution in [0.4, 0.5) is 5.69 Å². The Kier molecular flexibility index (Phi) is 6.70.